The van der Waals surface area contributed by atoms with Gasteiger partial charge in [-0.3, -0.25) is 14.1 Å². The number of esters is 2. The SMILES string of the molecule is CCCCCCC/C=C\C/C=C\CCCCCCCCCCCC(=O)OC(COC(=O)CCCCCCCCCCCCCCCCCCCCCCCCCC)COP(=O)(O)O. The minimum atomic E-state index is -4.76. The van der Waals surface area contributed by atoms with Gasteiger partial charge in [-0.2, -0.15) is 0 Å². The molecule has 0 aromatic carbocycles. The first kappa shape index (κ1) is 61.5. The van der Waals surface area contributed by atoms with Crippen LogP contribution in [0.3, 0.4) is 0 Å². The van der Waals surface area contributed by atoms with Gasteiger partial charge in [0.2, 0.25) is 0 Å². The highest BCUT2D eigenvalue weighted by molar-refractivity contribution is 7.46. The normalized spacial score (nSPS) is 12.5. The van der Waals surface area contributed by atoms with Crippen LogP contribution in [0.4, 0.5) is 0 Å². The summed E-state index contributed by atoms with van der Waals surface area (Å²) in [5.41, 5.74) is 0. The van der Waals surface area contributed by atoms with Crippen LogP contribution in [0.25, 0.3) is 0 Å². The molecular weight excluding hydrogens is 808 g/mol. The standard InChI is InChI=1S/C54H103O8P/c1-3-5-7-9-11-13-15-17-19-21-23-25-26-27-29-30-32-34-36-38-40-42-44-46-48-53(55)60-50-52(51-61-63(57,58)59)62-54(56)49-47-45-43-41-39-37-35-33-31-28-24-22-20-18-16-14-12-10-8-6-4-2/h16,18,22,24,52H,3-15,17,19-21,23,25-51H2,1-2H3,(H2,57,58,59)/b18-16-,24-22-. The Kier molecular flexibility index (Phi) is 48.8. The molecule has 0 spiro atoms. The van der Waals surface area contributed by atoms with E-state index in [-0.39, 0.29) is 19.4 Å². The van der Waals surface area contributed by atoms with Gasteiger partial charge >= 0.3 is 19.8 Å². The van der Waals surface area contributed by atoms with Gasteiger partial charge in [-0.25, -0.2) is 4.57 Å². The van der Waals surface area contributed by atoms with Crippen molar-refractivity contribution in [2.45, 2.75) is 296 Å². The molecule has 0 aliphatic heterocycles. The van der Waals surface area contributed by atoms with Gasteiger partial charge in [0.25, 0.3) is 0 Å². The Labute approximate surface area is 390 Å². The Morgan fingerprint density at radius 2 is 0.714 bits per heavy atom. The van der Waals surface area contributed by atoms with E-state index >= 15 is 0 Å². The second-order valence-electron chi connectivity index (χ2n) is 18.6. The van der Waals surface area contributed by atoms with Crippen LogP contribution in [0, 0.1) is 0 Å². The van der Waals surface area contributed by atoms with E-state index in [4.69, 9.17) is 19.3 Å². The Morgan fingerprint density at radius 1 is 0.413 bits per heavy atom. The van der Waals surface area contributed by atoms with Crippen LogP contribution in [0.15, 0.2) is 24.3 Å². The van der Waals surface area contributed by atoms with Crippen molar-refractivity contribution in [2.75, 3.05) is 13.2 Å². The monoisotopic (exact) mass is 911 g/mol. The molecule has 2 N–H and O–H groups in total. The number of carbonyl (C=O) groups is 2. The van der Waals surface area contributed by atoms with Gasteiger partial charge in [-0.1, -0.05) is 256 Å². The lowest BCUT2D eigenvalue weighted by Gasteiger charge is -2.18. The topological polar surface area (TPSA) is 119 Å². The predicted octanol–water partition coefficient (Wildman–Crippen LogP) is 17.5. The van der Waals surface area contributed by atoms with Crippen LogP contribution >= 0.6 is 7.82 Å². The molecule has 0 bridgehead atoms. The molecule has 8 nitrogen and oxygen atoms in total. The number of hydrogen-bond acceptors (Lipinski definition) is 6. The zero-order valence-electron chi connectivity index (χ0n) is 41.5. The van der Waals surface area contributed by atoms with Crippen molar-refractivity contribution >= 4 is 19.8 Å². The highest BCUT2D eigenvalue weighted by Crippen LogP contribution is 2.36. The van der Waals surface area contributed by atoms with Gasteiger partial charge in [0.15, 0.2) is 6.10 Å². The average molecular weight is 911 g/mol. The molecule has 0 saturated heterocycles. The number of ether oxygens (including phenoxy) is 2. The molecule has 1 atom stereocenters. The summed E-state index contributed by atoms with van der Waals surface area (Å²) < 4.78 is 26.6. The molecule has 0 saturated carbocycles. The van der Waals surface area contributed by atoms with Crippen molar-refractivity contribution in [3.05, 3.63) is 24.3 Å². The molecule has 372 valence electrons. The fraction of sp³-hybridized carbons (Fsp3) is 0.889. The summed E-state index contributed by atoms with van der Waals surface area (Å²) in [5.74, 6) is -0.872. The maximum absolute atomic E-state index is 12.5. The van der Waals surface area contributed by atoms with Crippen molar-refractivity contribution in [3.63, 3.8) is 0 Å². The maximum atomic E-state index is 12.5. The molecule has 9 heteroatoms. The van der Waals surface area contributed by atoms with Crippen molar-refractivity contribution in [1.29, 1.82) is 0 Å². The second-order valence-corrected chi connectivity index (χ2v) is 19.8. The summed E-state index contributed by atoms with van der Waals surface area (Å²) >= 11 is 0. The van der Waals surface area contributed by atoms with Crippen LogP contribution in [0.2, 0.25) is 0 Å². The third-order valence-corrected chi connectivity index (χ3v) is 12.7. The molecule has 0 aromatic rings. The molecule has 0 aliphatic carbocycles. The second kappa shape index (κ2) is 50.0. The van der Waals surface area contributed by atoms with Gasteiger partial charge in [-0.05, 0) is 44.9 Å². The van der Waals surface area contributed by atoms with E-state index in [1.807, 2.05) is 0 Å². The van der Waals surface area contributed by atoms with Gasteiger partial charge in [0, 0.05) is 12.8 Å². The van der Waals surface area contributed by atoms with E-state index in [9.17, 15) is 14.2 Å². The average Bonchev–Trinajstić information content (AvgIpc) is 3.26. The fourth-order valence-corrected chi connectivity index (χ4v) is 8.53. The summed E-state index contributed by atoms with van der Waals surface area (Å²) in [4.78, 5) is 43.2. The van der Waals surface area contributed by atoms with E-state index < -0.39 is 32.5 Å². The highest BCUT2D eigenvalue weighted by atomic mass is 31.2. The largest absolute Gasteiger partial charge is 0.469 e. The summed E-state index contributed by atoms with van der Waals surface area (Å²) in [7, 11) is -4.76. The summed E-state index contributed by atoms with van der Waals surface area (Å²) in [6.07, 6.45) is 60.6. The van der Waals surface area contributed by atoms with Gasteiger partial charge < -0.3 is 19.3 Å². The Balaban J connectivity index is 3.76. The summed E-state index contributed by atoms with van der Waals surface area (Å²) in [5, 5.41) is 0. The quantitative estimate of drug-likeness (QED) is 0.0268. The lowest BCUT2D eigenvalue weighted by molar-refractivity contribution is -0.161. The lowest BCUT2D eigenvalue weighted by atomic mass is 10.0. The number of unbranched alkanes of at least 4 members (excludes halogenated alkanes) is 37. The van der Waals surface area contributed by atoms with Crippen LogP contribution in [-0.2, 0) is 28.2 Å². The molecule has 0 radical (unpaired) electrons. The molecule has 63 heavy (non-hydrogen) atoms. The van der Waals surface area contributed by atoms with E-state index in [1.165, 1.54) is 205 Å². The molecule has 1 unspecified atom stereocenters. The number of phosphoric ester groups is 1. The van der Waals surface area contributed by atoms with Crippen LogP contribution in [0.1, 0.15) is 290 Å². The molecule has 0 fully saturated rings. The first-order valence-electron chi connectivity index (χ1n) is 27.1. The smallest absolute Gasteiger partial charge is 0.462 e. The van der Waals surface area contributed by atoms with Gasteiger partial charge in [0.1, 0.15) is 6.61 Å². The first-order chi connectivity index (χ1) is 30.8. The fourth-order valence-electron chi connectivity index (χ4n) is 8.17. The zero-order chi connectivity index (χ0) is 46.0. The molecule has 0 heterocycles. The minimum absolute atomic E-state index is 0.211. The van der Waals surface area contributed by atoms with Crippen LogP contribution in [0.5, 0.6) is 0 Å². The zero-order valence-corrected chi connectivity index (χ0v) is 42.4. The Bertz CT molecular complexity index is 1070. The number of rotatable bonds is 51. The lowest BCUT2D eigenvalue weighted by Crippen LogP contribution is -2.29. The molecule has 0 aromatic heterocycles. The van der Waals surface area contributed by atoms with Gasteiger partial charge in [0.05, 0.1) is 6.61 Å². The number of carbonyl (C=O) groups excluding carboxylic acids is 2. The van der Waals surface area contributed by atoms with Crippen molar-refractivity contribution in [3.8, 4) is 0 Å². The number of allylic oxidation sites excluding steroid dienone is 4. The third kappa shape index (κ3) is 53.0. The number of phosphoric acid groups is 1. The molecular formula is C54H103O8P. The van der Waals surface area contributed by atoms with Crippen molar-refractivity contribution < 1.29 is 37.9 Å². The molecule has 0 amide bonds. The van der Waals surface area contributed by atoms with E-state index in [0.717, 1.165) is 51.4 Å². The van der Waals surface area contributed by atoms with E-state index in [2.05, 4.69) is 42.7 Å². The van der Waals surface area contributed by atoms with Crippen LogP contribution in [-0.4, -0.2) is 41.0 Å². The van der Waals surface area contributed by atoms with E-state index in [1.54, 1.807) is 0 Å². The third-order valence-electron chi connectivity index (χ3n) is 12.2. The number of hydrogen-bond donors (Lipinski definition) is 2. The molecule has 0 aliphatic rings. The maximum Gasteiger partial charge on any atom is 0.469 e. The van der Waals surface area contributed by atoms with Crippen molar-refractivity contribution in [2.24, 2.45) is 0 Å². The van der Waals surface area contributed by atoms with E-state index in [0.29, 0.717) is 6.42 Å². The van der Waals surface area contributed by atoms with Gasteiger partial charge in [-0.15, -0.1) is 0 Å². The minimum Gasteiger partial charge on any atom is -0.462 e. The molecule has 0 rings (SSSR count). The first-order valence-corrected chi connectivity index (χ1v) is 28.7. The summed E-state index contributed by atoms with van der Waals surface area (Å²) in [6.45, 7) is 3.73. The summed E-state index contributed by atoms with van der Waals surface area (Å²) in [6, 6.07) is 0. The Hall–Kier alpha value is -1.47. The highest BCUT2D eigenvalue weighted by Gasteiger charge is 2.23. The Morgan fingerprint density at radius 3 is 1.05 bits per heavy atom. The van der Waals surface area contributed by atoms with Crippen LogP contribution < -0.4 is 0 Å². The van der Waals surface area contributed by atoms with Crippen molar-refractivity contribution in [1.82, 2.24) is 0 Å². The predicted molar refractivity (Wildman–Crippen MR) is 267 cm³/mol.